The molecule has 3 heterocycles. The Kier molecular flexibility index (Phi) is 4.15. The average molecular weight is 301 g/mol. The van der Waals surface area contributed by atoms with E-state index in [1.807, 2.05) is 22.6 Å². The zero-order chi connectivity index (χ0) is 15.5. The van der Waals surface area contributed by atoms with Gasteiger partial charge < -0.3 is 9.64 Å². The van der Waals surface area contributed by atoms with E-state index in [9.17, 15) is 4.79 Å². The van der Waals surface area contributed by atoms with Crippen LogP contribution in [0, 0.1) is 6.92 Å². The number of hydrogen-bond donors (Lipinski definition) is 0. The molecule has 0 N–H and O–H groups in total. The van der Waals surface area contributed by atoms with Gasteiger partial charge in [0.15, 0.2) is 5.82 Å². The maximum atomic E-state index is 12.1. The number of likely N-dealkylation sites (tertiary alicyclic amines) is 1. The normalized spacial score (nSPS) is 17.9. The van der Waals surface area contributed by atoms with Crippen molar-refractivity contribution in [2.75, 3.05) is 20.3 Å². The molecule has 0 aliphatic carbocycles. The molecule has 1 amide bonds. The minimum absolute atomic E-state index is 0.00369. The molecule has 7 nitrogen and oxygen atoms in total. The molecule has 22 heavy (non-hydrogen) atoms. The second-order valence-corrected chi connectivity index (χ2v) is 5.32. The van der Waals surface area contributed by atoms with Crippen molar-refractivity contribution in [2.45, 2.75) is 25.8 Å². The van der Waals surface area contributed by atoms with Crippen LogP contribution < -0.4 is 0 Å². The van der Waals surface area contributed by atoms with Gasteiger partial charge in [-0.2, -0.15) is 0 Å². The Labute approximate surface area is 129 Å². The van der Waals surface area contributed by atoms with E-state index >= 15 is 0 Å². The van der Waals surface area contributed by atoms with Gasteiger partial charge in [0.1, 0.15) is 12.4 Å². The van der Waals surface area contributed by atoms with Gasteiger partial charge in [0.2, 0.25) is 5.91 Å². The van der Waals surface area contributed by atoms with E-state index in [0.29, 0.717) is 0 Å². The van der Waals surface area contributed by atoms with E-state index < -0.39 is 0 Å². The average Bonchev–Trinajstić information content (AvgIpc) is 3.16. The maximum absolute atomic E-state index is 12.1. The number of ether oxygens (including phenoxy) is 1. The van der Waals surface area contributed by atoms with E-state index in [0.717, 1.165) is 36.7 Å². The third-order valence-electron chi connectivity index (χ3n) is 3.90. The largest absolute Gasteiger partial charge is 0.375 e. The summed E-state index contributed by atoms with van der Waals surface area (Å²) in [6.07, 6.45) is 8.89. The van der Waals surface area contributed by atoms with Crippen LogP contribution in [0.5, 0.6) is 0 Å². The number of aryl methyl sites for hydroxylation is 1. The highest BCUT2D eigenvalue weighted by Gasteiger charge is 2.31. The number of rotatable bonds is 4. The molecule has 3 rings (SSSR count). The molecule has 1 saturated heterocycles. The molecule has 0 saturated carbocycles. The fourth-order valence-corrected chi connectivity index (χ4v) is 2.85. The Balaban J connectivity index is 1.88. The first-order chi connectivity index (χ1) is 10.7. The van der Waals surface area contributed by atoms with Crippen molar-refractivity contribution in [3.8, 4) is 5.82 Å². The first-order valence-corrected chi connectivity index (χ1v) is 7.31. The van der Waals surface area contributed by atoms with E-state index in [1.54, 1.807) is 18.6 Å². The predicted molar refractivity (Wildman–Crippen MR) is 79.5 cm³/mol. The molecule has 0 unspecified atom stereocenters. The highest BCUT2D eigenvalue weighted by atomic mass is 16.5. The van der Waals surface area contributed by atoms with E-state index in [4.69, 9.17) is 4.74 Å². The van der Waals surface area contributed by atoms with Crippen LogP contribution >= 0.6 is 0 Å². The van der Waals surface area contributed by atoms with Crippen LogP contribution in [-0.2, 0) is 9.53 Å². The minimum Gasteiger partial charge on any atom is -0.375 e. The van der Waals surface area contributed by atoms with Crippen molar-refractivity contribution < 1.29 is 9.53 Å². The number of hydrogen-bond acceptors (Lipinski definition) is 5. The lowest BCUT2D eigenvalue weighted by molar-refractivity contribution is -0.136. The standard InChI is InChI=1S/C15H19N5O2/c1-11-17-5-7-19(11)14-9-16-8-12(18-14)13-4-3-6-20(13)15(21)10-22-2/h5,7-9,13H,3-4,6,10H2,1-2H3/t13-/m0/s1. The van der Waals surface area contributed by atoms with Crippen molar-refractivity contribution in [1.82, 2.24) is 24.4 Å². The zero-order valence-corrected chi connectivity index (χ0v) is 12.8. The van der Waals surface area contributed by atoms with Gasteiger partial charge in [0.05, 0.1) is 24.1 Å². The Bertz CT molecular complexity index is 669. The van der Waals surface area contributed by atoms with E-state index in [1.165, 1.54) is 7.11 Å². The summed E-state index contributed by atoms with van der Waals surface area (Å²) in [5.74, 6) is 1.57. The van der Waals surface area contributed by atoms with Crippen LogP contribution in [0.2, 0.25) is 0 Å². The molecule has 2 aromatic heterocycles. The Morgan fingerprint density at radius 1 is 1.45 bits per heavy atom. The van der Waals surface area contributed by atoms with Gasteiger partial charge in [-0.05, 0) is 19.8 Å². The number of amides is 1. The molecule has 2 aromatic rings. The lowest BCUT2D eigenvalue weighted by Crippen LogP contribution is -2.33. The third-order valence-corrected chi connectivity index (χ3v) is 3.90. The van der Waals surface area contributed by atoms with Gasteiger partial charge in [-0.15, -0.1) is 0 Å². The molecule has 0 radical (unpaired) electrons. The van der Waals surface area contributed by atoms with Crippen LogP contribution in [0.15, 0.2) is 24.8 Å². The Morgan fingerprint density at radius 2 is 2.32 bits per heavy atom. The molecule has 1 atom stereocenters. The van der Waals surface area contributed by atoms with Gasteiger partial charge in [-0.25, -0.2) is 9.97 Å². The van der Waals surface area contributed by atoms with Crippen LogP contribution in [-0.4, -0.2) is 50.6 Å². The fraction of sp³-hybridized carbons (Fsp3) is 0.467. The first-order valence-electron chi connectivity index (χ1n) is 7.31. The van der Waals surface area contributed by atoms with Gasteiger partial charge in [-0.3, -0.25) is 14.3 Å². The number of carbonyl (C=O) groups excluding carboxylic acids is 1. The van der Waals surface area contributed by atoms with Crippen LogP contribution in [0.4, 0.5) is 0 Å². The minimum atomic E-state index is -0.0288. The highest BCUT2D eigenvalue weighted by Crippen LogP contribution is 2.30. The number of carbonyl (C=O) groups is 1. The molecule has 1 aliphatic heterocycles. The smallest absolute Gasteiger partial charge is 0.249 e. The summed E-state index contributed by atoms with van der Waals surface area (Å²) in [6.45, 7) is 2.76. The molecule has 0 aromatic carbocycles. The maximum Gasteiger partial charge on any atom is 0.249 e. The summed E-state index contributed by atoms with van der Waals surface area (Å²) in [5.41, 5.74) is 0.813. The number of methoxy groups -OCH3 is 1. The summed E-state index contributed by atoms with van der Waals surface area (Å²) in [6, 6.07) is -0.0288. The van der Waals surface area contributed by atoms with Crippen molar-refractivity contribution >= 4 is 5.91 Å². The second-order valence-electron chi connectivity index (χ2n) is 5.32. The number of nitrogens with zero attached hydrogens (tertiary/aromatic N) is 5. The van der Waals surface area contributed by atoms with E-state index in [2.05, 4.69) is 15.0 Å². The van der Waals surface area contributed by atoms with Gasteiger partial charge in [-0.1, -0.05) is 0 Å². The molecule has 1 fully saturated rings. The molecular formula is C15H19N5O2. The van der Waals surface area contributed by atoms with Crippen LogP contribution in [0.3, 0.4) is 0 Å². The lowest BCUT2D eigenvalue weighted by atomic mass is 10.1. The van der Waals surface area contributed by atoms with Gasteiger partial charge in [0, 0.05) is 26.0 Å². The zero-order valence-electron chi connectivity index (χ0n) is 12.8. The Morgan fingerprint density at radius 3 is 3.05 bits per heavy atom. The lowest BCUT2D eigenvalue weighted by Gasteiger charge is -2.24. The first kappa shape index (κ1) is 14.6. The number of aromatic nitrogens is 4. The monoisotopic (exact) mass is 301 g/mol. The van der Waals surface area contributed by atoms with Crippen LogP contribution in [0.25, 0.3) is 5.82 Å². The Hall–Kier alpha value is -2.28. The summed E-state index contributed by atoms with van der Waals surface area (Å²) >= 11 is 0. The van der Waals surface area contributed by atoms with Crippen molar-refractivity contribution in [1.29, 1.82) is 0 Å². The molecule has 0 spiro atoms. The fourth-order valence-electron chi connectivity index (χ4n) is 2.85. The van der Waals surface area contributed by atoms with Crippen molar-refractivity contribution in [2.24, 2.45) is 0 Å². The highest BCUT2D eigenvalue weighted by molar-refractivity contribution is 5.78. The van der Waals surface area contributed by atoms with E-state index in [-0.39, 0.29) is 18.6 Å². The summed E-state index contributed by atoms with van der Waals surface area (Å²) in [5, 5.41) is 0. The van der Waals surface area contributed by atoms with Crippen molar-refractivity contribution in [3.63, 3.8) is 0 Å². The molecule has 7 heteroatoms. The third kappa shape index (κ3) is 2.71. The second kappa shape index (κ2) is 6.23. The molecule has 0 bridgehead atoms. The predicted octanol–water partition coefficient (Wildman–Crippen LogP) is 1.28. The SMILES string of the molecule is COCC(=O)N1CCC[C@H]1c1cncc(-n2ccnc2C)n1. The van der Waals surface area contributed by atoms with Gasteiger partial charge >= 0.3 is 0 Å². The summed E-state index contributed by atoms with van der Waals surface area (Å²) < 4.78 is 6.84. The summed E-state index contributed by atoms with van der Waals surface area (Å²) in [4.78, 5) is 27.1. The molecule has 116 valence electrons. The number of imidazole rings is 1. The van der Waals surface area contributed by atoms with Crippen LogP contribution in [0.1, 0.15) is 30.4 Å². The van der Waals surface area contributed by atoms with Gasteiger partial charge in [0.25, 0.3) is 0 Å². The summed E-state index contributed by atoms with van der Waals surface area (Å²) in [7, 11) is 1.53. The molecule has 1 aliphatic rings. The topological polar surface area (TPSA) is 73.1 Å². The molecular weight excluding hydrogens is 282 g/mol. The van der Waals surface area contributed by atoms with Crippen molar-refractivity contribution in [3.05, 3.63) is 36.3 Å². The quantitative estimate of drug-likeness (QED) is 0.850.